The summed E-state index contributed by atoms with van der Waals surface area (Å²) in [5.74, 6) is -0.819. The summed E-state index contributed by atoms with van der Waals surface area (Å²) in [5, 5.41) is 2.96. The van der Waals surface area contributed by atoms with E-state index in [1.165, 1.54) is 18.2 Å². The minimum absolute atomic E-state index is 0.00724. The van der Waals surface area contributed by atoms with E-state index in [0.29, 0.717) is 38.8 Å². The van der Waals surface area contributed by atoms with Crippen LogP contribution in [0.2, 0.25) is 0 Å². The van der Waals surface area contributed by atoms with Gasteiger partial charge in [0.2, 0.25) is 5.91 Å². The quantitative estimate of drug-likeness (QED) is 0.655. The Morgan fingerprint density at radius 2 is 1.62 bits per heavy atom. The van der Waals surface area contributed by atoms with Gasteiger partial charge in [0.1, 0.15) is 5.82 Å². The number of sulfonamides is 1. The Balaban J connectivity index is 1.40. The van der Waals surface area contributed by atoms with Gasteiger partial charge in [0.05, 0.1) is 22.7 Å². The molecule has 2 N–H and O–H groups in total. The Morgan fingerprint density at radius 3 is 2.28 bits per heavy atom. The van der Waals surface area contributed by atoms with Gasteiger partial charge in [0, 0.05) is 32.2 Å². The lowest BCUT2D eigenvalue weighted by molar-refractivity contribution is -0.122. The first kappa shape index (κ1) is 22.2. The lowest BCUT2D eigenvalue weighted by Gasteiger charge is -2.34. The van der Waals surface area contributed by atoms with Gasteiger partial charge >= 0.3 is 0 Å². The second kappa shape index (κ2) is 9.25. The van der Waals surface area contributed by atoms with Gasteiger partial charge in [-0.15, -0.1) is 0 Å². The van der Waals surface area contributed by atoms with Crippen LogP contribution >= 0.6 is 0 Å². The lowest BCUT2D eigenvalue weighted by atomic mass is 10.1. The molecule has 2 aliphatic rings. The predicted octanol–water partition coefficient (Wildman–Crippen LogP) is 1.66. The molecule has 0 radical (unpaired) electrons. The molecule has 32 heavy (non-hydrogen) atoms. The number of anilines is 1. The summed E-state index contributed by atoms with van der Waals surface area (Å²) in [4.78, 5) is 28.7. The van der Waals surface area contributed by atoms with Crippen LogP contribution in [0, 0.1) is 5.82 Å². The minimum atomic E-state index is -3.98. The first-order valence-corrected chi connectivity index (χ1v) is 12.0. The molecule has 1 saturated heterocycles. The van der Waals surface area contributed by atoms with Crippen molar-refractivity contribution in [3.05, 3.63) is 59.9 Å². The third-order valence-corrected chi connectivity index (χ3v) is 6.88. The molecule has 2 amide bonds. The highest BCUT2D eigenvalue weighted by Gasteiger charge is 2.28. The van der Waals surface area contributed by atoms with Gasteiger partial charge < -0.3 is 10.2 Å². The third-order valence-electron chi connectivity index (χ3n) is 5.49. The van der Waals surface area contributed by atoms with E-state index in [1.54, 1.807) is 23.1 Å². The van der Waals surface area contributed by atoms with Crippen LogP contribution in [0.15, 0.2) is 53.4 Å². The molecule has 0 spiro atoms. The largest absolute Gasteiger partial charge is 0.352 e. The van der Waals surface area contributed by atoms with Crippen molar-refractivity contribution >= 4 is 27.5 Å². The summed E-state index contributed by atoms with van der Waals surface area (Å²) in [6.45, 7) is 2.32. The van der Waals surface area contributed by atoms with Crippen LogP contribution in [-0.2, 0) is 14.8 Å². The summed E-state index contributed by atoms with van der Waals surface area (Å²) in [6, 6.07) is 11.2. The fourth-order valence-electron chi connectivity index (χ4n) is 3.56. The molecule has 2 fully saturated rings. The van der Waals surface area contributed by atoms with Gasteiger partial charge in [-0.3, -0.25) is 19.2 Å². The zero-order valence-corrected chi connectivity index (χ0v) is 18.3. The van der Waals surface area contributed by atoms with Crippen molar-refractivity contribution in [2.24, 2.45) is 0 Å². The maximum Gasteiger partial charge on any atom is 0.261 e. The summed E-state index contributed by atoms with van der Waals surface area (Å²) in [6.07, 6.45) is 2.08. The average molecular weight is 461 g/mol. The number of nitrogens with zero attached hydrogens (tertiary/aromatic N) is 2. The molecule has 0 aromatic heterocycles. The van der Waals surface area contributed by atoms with Crippen molar-refractivity contribution in [1.29, 1.82) is 0 Å². The molecule has 2 aromatic rings. The zero-order valence-electron chi connectivity index (χ0n) is 17.5. The summed E-state index contributed by atoms with van der Waals surface area (Å²) < 4.78 is 41.0. The maximum atomic E-state index is 13.1. The maximum absolute atomic E-state index is 13.1. The standard InChI is InChI=1S/C22H25FN4O4S/c23-16-5-9-18(10-6-16)32(30,31)25-20-4-2-1-3-19(20)22(29)27-13-11-26(12-14-27)15-21(28)24-17-7-8-17/h1-6,9-10,17,25H,7-8,11-15H2,(H,24,28). The van der Waals surface area contributed by atoms with Crippen LogP contribution in [0.3, 0.4) is 0 Å². The Hall–Kier alpha value is -2.98. The molecule has 170 valence electrons. The zero-order chi connectivity index (χ0) is 22.7. The third kappa shape index (κ3) is 5.43. The van der Waals surface area contributed by atoms with Crippen molar-refractivity contribution in [3.8, 4) is 0 Å². The van der Waals surface area contributed by atoms with Crippen molar-refractivity contribution in [2.45, 2.75) is 23.8 Å². The first-order valence-electron chi connectivity index (χ1n) is 10.5. The highest BCUT2D eigenvalue weighted by atomic mass is 32.2. The van der Waals surface area contributed by atoms with Crippen molar-refractivity contribution in [1.82, 2.24) is 15.1 Å². The molecule has 1 heterocycles. The summed E-state index contributed by atoms with van der Waals surface area (Å²) >= 11 is 0. The molecule has 4 rings (SSSR count). The van der Waals surface area contributed by atoms with Crippen LogP contribution < -0.4 is 10.0 Å². The van der Waals surface area contributed by atoms with Crippen molar-refractivity contribution in [3.63, 3.8) is 0 Å². The van der Waals surface area contributed by atoms with E-state index in [0.717, 1.165) is 25.0 Å². The van der Waals surface area contributed by atoms with E-state index in [1.807, 2.05) is 4.90 Å². The predicted molar refractivity (Wildman–Crippen MR) is 117 cm³/mol. The molecule has 0 unspecified atom stereocenters. The Kier molecular flexibility index (Phi) is 6.43. The Bertz CT molecular complexity index is 1100. The summed E-state index contributed by atoms with van der Waals surface area (Å²) in [7, 11) is -3.98. The number of hydrogen-bond donors (Lipinski definition) is 2. The van der Waals surface area contributed by atoms with Gasteiger partial charge in [-0.05, 0) is 49.2 Å². The van der Waals surface area contributed by atoms with Gasteiger partial charge in [-0.1, -0.05) is 12.1 Å². The number of halogens is 1. The molecule has 10 heteroatoms. The highest BCUT2D eigenvalue weighted by molar-refractivity contribution is 7.92. The van der Waals surface area contributed by atoms with Gasteiger partial charge in [-0.2, -0.15) is 0 Å². The Morgan fingerprint density at radius 1 is 0.969 bits per heavy atom. The molecular formula is C22H25FN4O4S. The summed E-state index contributed by atoms with van der Waals surface area (Å²) in [5.41, 5.74) is 0.395. The SMILES string of the molecule is O=C(CN1CCN(C(=O)c2ccccc2NS(=O)(=O)c2ccc(F)cc2)CC1)NC1CC1. The van der Waals surface area contributed by atoms with Gasteiger partial charge in [0.15, 0.2) is 0 Å². The van der Waals surface area contributed by atoms with Crippen molar-refractivity contribution in [2.75, 3.05) is 37.4 Å². The Labute approximate surface area is 186 Å². The normalized spacial score (nSPS) is 17.1. The van der Waals surface area contributed by atoms with Crippen molar-refractivity contribution < 1.29 is 22.4 Å². The van der Waals surface area contributed by atoms with Crippen LogP contribution in [-0.4, -0.2) is 68.8 Å². The molecular weight excluding hydrogens is 435 g/mol. The van der Waals surface area contributed by atoms with E-state index in [-0.39, 0.29) is 28.0 Å². The number of para-hydroxylation sites is 1. The number of piperazine rings is 1. The molecule has 0 bridgehead atoms. The fourth-order valence-corrected chi connectivity index (χ4v) is 4.64. The van der Waals surface area contributed by atoms with E-state index < -0.39 is 15.8 Å². The molecule has 2 aromatic carbocycles. The van der Waals surface area contributed by atoms with Gasteiger partial charge in [-0.25, -0.2) is 12.8 Å². The van der Waals surface area contributed by atoms with E-state index >= 15 is 0 Å². The topological polar surface area (TPSA) is 98.8 Å². The number of amides is 2. The highest BCUT2D eigenvalue weighted by Crippen LogP contribution is 2.23. The van der Waals surface area contributed by atoms with Gasteiger partial charge in [0.25, 0.3) is 15.9 Å². The molecule has 1 aliphatic carbocycles. The number of benzene rings is 2. The lowest BCUT2D eigenvalue weighted by Crippen LogP contribution is -2.51. The van der Waals surface area contributed by atoms with Crippen LogP contribution in [0.4, 0.5) is 10.1 Å². The second-order valence-corrected chi connectivity index (χ2v) is 9.70. The molecule has 1 aliphatic heterocycles. The van der Waals surface area contributed by atoms with E-state index in [2.05, 4.69) is 10.0 Å². The number of rotatable bonds is 7. The fraction of sp³-hybridized carbons (Fsp3) is 0.364. The number of carbonyl (C=O) groups excluding carboxylic acids is 2. The number of hydrogen-bond acceptors (Lipinski definition) is 5. The minimum Gasteiger partial charge on any atom is -0.352 e. The molecule has 8 nitrogen and oxygen atoms in total. The second-order valence-electron chi connectivity index (χ2n) is 8.02. The monoisotopic (exact) mass is 460 g/mol. The number of nitrogens with one attached hydrogen (secondary N) is 2. The smallest absolute Gasteiger partial charge is 0.261 e. The molecule has 0 atom stereocenters. The van der Waals surface area contributed by atoms with Crippen LogP contribution in [0.25, 0.3) is 0 Å². The first-order chi connectivity index (χ1) is 15.3. The number of carbonyl (C=O) groups is 2. The van der Waals surface area contributed by atoms with Crippen LogP contribution in [0.5, 0.6) is 0 Å². The van der Waals surface area contributed by atoms with Crippen LogP contribution in [0.1, 0.15) is 23.2 Å². The average Bonchev–Trinajstić information content (AvgIpc) is 3.58. The molecule has 1 saturated carbocycles. The van der Waals surface area contributed by atoms with E-state index in [4.69, 9.17) is 0 Å². The van der Waals surface area contributed by atoms with E-state index in [9.17, 15) is 22.4 Å².